The summed E-state index contributed by atoms with van der Waals surface area (Å²) in [4.78, 5) is 2.33. The van der Waals surface area contributed by atoms with Crippen molar-refractivity contribution in [2.24, 2.45) is 0 Å². The van der Waals surface area contributed by atoms with Crippen LogP contribution in [0.2, 0.25) is 0 Å². The number of benzene rings is 2. The van der Waals surface area contributed by atoms with Crippen molar-refractivity contribution < 1.29 is 4.74 Å². The molecule has 0 aliphatic carbocycles. The summed E-state index contributed by atoms with van der Waals surface area (Å²) in [6, 6.07) is 18.4. The molecule has 1 aliphatic rings. The Labute approximate surface area is 195 Å². The van der Waals surface area contributed by atoms with Crippen LogP contribution >= 0.6 is 15.9 Å². The highest BCUT2D eigenvalue weighted by Gasteiger charge is 2.21. The summed E-state index contributed by atoms with van der Waals surface area (Å²) in [5.41, 5.74) is 3.62. The third-order valence-corrected chi connectivity index (χ3v) is 6.22. The van der Waals surface area contributed by atoms with Crippen molar-refractivity contribution in [3.63, 3.8) is 0 Å². The highest BCUT2D eigenvalue weighted by molar-refractivity contribution is 9.10. The maximum absolute atomic E-state index is 6.20. The third kappa shape index (κ3) is 4.47. The van der Waals surface area contributed by atoms with Crippen molar-refractivity contribution in [1.82, 2.24) is 24.7 Å². The van der Waals surface area contributed by atoms with Crippen LogP contribution in [0.5, 0.6) is 5.75 Å². The zero-order valence-corrected chi connectivity index (χ0v) is 19.5. The van der Waals surface area contributed by atoms with Gasteiger partial charge in [-0.25, -0.2) is 0 Å². The monoisotopic (exact) mass is 492 g/mol. The van der Waals surface area contributed by atoms with Crippen LogP contribution in [0.4, 0.5) is 5.95 Å². The van der Waals surface area contributed by atoms with Gasteiger partial charge in [-0.2, -0.15) is 9.61 Å². The van der Waals surface area contributed by atoms with Crippen molar-refractivity contribution in [3.05, 3.63) is 70.8 Å². The van der Waals surface area contributed by atoms with E-state index >= 15 is 0 Å². The lowest BCUT2D eigenvalue weighted by Crippen LogP contribution is -2.40. The van der Waals surface area contributed by atoms with Crippen molar-refractivity contribution in [3.8, 4) is 17.0 Å². The smallest absolute Gasteiger partial charge is 0.244 e. The van der Waals surface area contributed by atoms with Crippen molar-refractivity contribution >= 4 is 27.4 Å². The number of likely N-dealkylation sites (tertiary alicyclic amines) is 1. The predicted molar refractivity (Wildman–Crippen MR) is 129 cm³/mol. The van der Waals surface area contributed by atoms with Gasteiger partial charge >= 0.3 is 0 Å². The van der Waals surface area contributed by atoms with Gasteiger partial charge in [0, 0.05) is 22.6 Å². The second-order valence-corrected chi connectivity index (χ2v) is 9.08. The number of piperidine rings is 1. The van der Waals surface area contributed by atoms with Gasteiger partial charge in [-0.1, -0.05) is 46.3 Å². The molecule has 0 radical (unpaired) electrons. The number of anilines is 1. The molecule has 5 rings (SSSR count). The second kappa shape index (κ2) is 9.26. The first-order chi connectivity index (χ1) is 15.7. The number of nitrogens with zero attached hydrogens (tertiary/aromatic N) is 5. The molecule has 0 saturated carbocycles. The van der Waals surface area contributed by atoms with E-state index in [4.69, 9.17) is 4.74 Å². The number of halogens is 1. The van der Waals surface area contributed by atoms with E-state index in [1.165, 1.54) is 6.42 Å². The molecule has 2 aromatic heterocycles. The second-order valence-electron chi connectivity index (χ2n) is 8.16. The quantitative estimate of drug-likeness (QED) is 0.422. The molecule has 3 heterocycles. The summed E-state index contributed by atoms with van der Waals surface area (Å²) in [6.45, 7) is 2.59. The highest BCUT2D eigenvalue weighted by Crippen LogP contribution is 2.34. The number of ether oxygens (including phenoxy) is 1. The molecule has 1 N–H and O–H groups in total. The van der Waals surface area contributed by atoms with Crippen LogP contribution in [0.1, 0.15) is 18.4 Å². The Kier molecular flexibility index (Phi) is 6.05. The van der Waals surface area contributed by atoms with E-state index in [0.717, 1.165) is 52.1 Å². The maximum Gasteiger partial charge on any atom is 0.244 e. The molecule has 4 aromatic rings. The number of aromatic nitrogens is 4. The van der Waals surface area contributed by atoms with Gasteiger partial charge in [0.1, 0.15) is 18.1 Å². The van der Waals surface area contributed by atoms with Gasteiger partial charge in [0.05, 0.1) is 11.7 Å². The fourth-order valence-electron chi connectivity index (χ4n) is 4.14. The average Bonchev–Trinajstić information content (AvgIpc) is 3.30. The molecule has 1 saturated heterocycles. The van der Waals surface area contributed by atoms with Gasteiger partial charge < -0.3 is 15.0 Å². The van der Waals surface area contributed by atoms with Crippen LogP contribution in [0.25, 0.3) is 16.8 Å². The van der Waals surface area contributed by atoms with Crippen LogP contribution < -0.4 is 10.1 Å². The molecular formula is C24H25BrN6O. The molecule has 164 valence electrons. The summed E-state index contributed by atoms with van der Waals surface area (Å²) in [5.74, 6) is 1.41. The summed E-state index contributed by atoms with van der Waals surface area (Å²) in [5, 5.41) is 17.2. The number of rotatable bonds is 6. The van der Waals surface area contributed by atoms with Crippen LogP contribution in [-0.2, 0) is 6.61 Å². The lowest BCUT2D eigenvalue weighted by Gasteiger charge is -2.30. The first-order valence-electron chi connectivity index (χ1n) is 10.8. The number of hydrogen-bond donors (Lipinski definition) is 1. The Morgan fingerprint density at radius 1 is 1.12 bits per heavy atom. The van der Waals surface area contributed by atoms with Crippen LogP contribution in [0.3, 0.4) is 0 Å². The van der Waals surface area contributed by atoms with E-state index in [0.29, 0.717) is 18.6 Å². The minimum Gasteiger partial charge on any atom is -0.488 e. The van der Waals surface area contributed by atoms with E-state index < -0.39 is 0 Å². The van der Waals surface area contributed by atoms with Crippen molar-refractivity contribution in [2.45, 2.75) is 25.5 Å². The Bertz CT molecular complexity index is 1210. The van der Waals surface area contributed by atoms with E-state index in [2.05, 4.69) is 60.6 Å². The van der Waals surface area contributed by atoms with E-state index in [1.54, 1.807) is 6.20 Å². The molecule has 8 heteroatoms. The van der Waals surface area contributed by atoms with E-state index in [9.17, 15) is 0 Å². The lowest BCUT2D eigenvalue weighted by molar-refractivity contribution is 0.260. The molecule has 0 amide bonds. The highest BCUT2D eigenvalue weighted by atomic mass is 79.9. The normalized spacial score (nSPS) is 16.9. The molecule has 1 aliphatic heterocycles. The Hall–Kier alpha value is -2.97. The van der Waals surface area contributed by atoms with Gasteiger partial charge in [-0.05, 0) is 56.3 Å². The number of fused-ring (bicyclic) bond motifs is 1. The van der Waals surface area contributed by atoms with Gasteiger partial charge in [-0.3, -0.25) is 0 Å². The fraction of sp³-hybridized carbons (Fsp3) is 0.292. The van der Waals surface area contributed by atoms with E-state index in [1.807, 2.05) is 47.0 Å². The fourth-order valence-corrected chi connectivity index (χ4v) is 4.48. The van der Waals surface area contributed by atoms with Gasteiger partial charge in [-0.15, -0.1) is 10.2 Å². The van der Waals surface area contributed by atoms with Crippen molar-refractivity contribution in [2.75, 3.05) is 25.5 Å². The number of likely N-dealkylation sites (N-methyl/N-ethyl adjacent to an activating group) is 1. The average molecular weight is 493 g/mol. The lowest BCUT2D eigenvalue weighted by atomic mass is 10.1. The molecule has 0 bridgehead atoms. The van der Waals surface area contributed by atoms with Gasteiger partial charge in [0.25, 0.3) is 0 Å². The van der Waals surface area contributed by atoms with Gasteiger partial charge in [0.15, 0.2) is 0 Å². The minimum atomic E-state index is 0.332. The number of nitrogens with one attached hydrogen (secondary N) is 1. The Morgan fingerprint density at radius 2 is 2.00 bits per heavy atom. The summed E-state index contributed by atoms with van der Waals surface area (Å²) >= 11 is 3.56. The van der Waals surface area contributed by atoms with Crippen molar-refractivity contribution in [1.29, 1.82) is 0 Å². The standard InChI is InChI=1S/C24H25BrN6O/c1-30-13-5-8-19(15-30)27-24-29-28-23(21-11-12-26-31(21)24)20-10-9-18(25)14-22(20)32-16-17-6-3-2-4-7-17/h2-4,6-7,9-12,14,19H,5,8,13,15-16H2,1H3,(H,27,29)/t19-/m1/s1. The largest absolute Gasteiger partial charge is 0.488 e. The molecule has 0 spiro atoms. The minimum absolute atomic E-state index is 0.332. The van der Waals surface area contributed by atoms with Crippen LogP contribution in [0.15, 0.2) is 65.3 Å². The zero-order valence-electron chi connectivity index (χ0n) is 17.9. The first kappa shape index (κ1) is 20.9. The molecule has 1 fully saturated rings. The topological polar surface area (TPSA) is 67.6 Å². The summed E-state index contributed by atoms with van der Waals surface area (Å²) in [6.07, 6.45) is 4.06. The molecule has 0 unspecified atom stereocenters. The summed E-state index contributed by atoms with van der Waals surface area (Å²) in [7, 11) is 2.15. The molecule has 32 heavy (non-hydrogen) atoms. The Morgan fingerprint density at radius 3 is 2.84 bits per heavy atom. The zero-order chi connectivity index (χ0) is 21.9. The predicted octanol–water partition coefficient (Wildman–Crippen LogP) is 4.64. The summed E-state index contributed by atoms with van der Waals surface area (Å²) < 4.78 is 8.98. The third-order valence-electron chi connectivity index (χ3n) is 5.72. The van der Waals surface area contributed by atoms with Crippen LogP contribution in [-0.4, -0.2) is 50.9 Å². The van der Waals surface area contributed by atoms with E-state index in [-0.39, 0.29) is 0 Å². The Balaban J connectivity index is 1.47. The first-order valence-corrected chi connectivity index (χ1v) is 11.6. The molecular weight excluding hydrogens is 468 g/mol. The molecule has 7 nitrogen and oxygen atoms in total. The van der Waals surface area contributed by atoms with Gasteiger partial charge in [0.2, 0.25) is 5.95 Å². The number of hydrogen-bond acceptors (Lipinski definition) is 6. The molecule has 2 aromatic carbocycles. The SMILES string of the molecule is CN1CCC[C@@H](Nc2nnc(-c3ccc(Br)cc3OCc3ccccc3)c3ccnn23)C1. The maximum atomic E-state index is 6.20. The molecule has 1 atom stereocenters. The van der Waals surface area contributed by atoms with Crippen LogP contribution in [0, 0.1) is 0 Å².